The number of pyridine rings is 2. The summed E-state index contributed by atoms with van der Waals surface area (Å²) in [4.78, 5) is 10.4. The molecule has 1 aliphatic carbocycles. The van der Waals surface area contributed by atoms with E-state index in [9.17, 15) is 0 Å². The number of fused-ring (bicyclic) bond motifs is 9. The lowest BCUT2D eigenvalue weighted by atomic mass is 9.81. The summed E-state index contributed by atoms with van der Waals surface area (Å²) >= 11 is 0. The van der Waals surface area contributed by atoms with Crippen molar-refractivity contribution < 1.29 is 0 Å². The smallest absolute Gasteiger partial charge is 0.137 e. The second-order valence-corrected chi connectivity index (χ2v) is 10.0. The van der Waals surface area contributed by atoms with Crippen molar-refractivity contribution in [3.8, 4) is 11.1 Å². The van der Waals surface area contributed by atoms with Crippen LogP contribution in [0.2, 0.25) is 0 Å². The monoisotopic (exact) mass is 391 g/mol. The van der Waals surface area contributed by atoms with Crippen LogP contribution in [-0.2, 0) is 10.8 Å². The number of hydrogen-bond donors (Lipinski definition) is 0. The highest BCUT2D eigenvalue weighted by Crippen LogP contribution is 2.51. The molecular weight excluding hydrogens is 366 g/mol. The summed E-state index contributed by atoms with van der Waals surface area (Å²) in [6.07, 6.45) is 2.10. The Morgan fingerprint density at radius 3 is 2.37 bits per heavy atom. The first-order valence-electron chi connectivity index (χ1n) is 10.6. The Morgan fingerprint density at radius 2 is 1.57 bits per heavy atom. The van der Waals surface area contributed by atoms with Crippen LogP contribution >= 0.6 is 0 Å². The molecule has 3 heterocycles. The van der Waals surface area contributed by atoms with Gasteiger partial charge in [0.05, 0.1) is 16.7 Å². The van der Waals surface area contributed by atoms with Crippen LogP contribution in [0.5, 0.6) is 0 Å². The molecule has 5 aromatic rings. The normalized spacial score (nSPS) is 15.1. The second-order valence-electron chi connectivity index (χ2n) is 10.0. The van der Waals surface area contributed by atoms with Crippen LogP contribution < -0.4 is 0 Å². The van der Waals surface area contributed by atoms with Gasteiger partial charge in [-0.25, -0.2) is 9.97 Å². The second kappa shape index (κ2) is 5.48. The van der Waals surface area contributed by atoms with Gasteiger partial charge in [-0.2, -0.15) is 0 Å². The molecule has 0 spiro atoms. The van der Waals surface area contributed by atoms with Crippen LogP contribution in [0.4, 0.5) is 0 Å². The number of rotatable bonds is 0. The fourth-order valence-corrected chi connectivity index (χ4v) is 5.25. The van der Waals surface area contributed by atoms with E-state index in [1.54, 1.807) is 0 Å². The molecule has 0 aliphatic heterocycles. The van der Waals surface area contributed by atoms with E-state index in [0.29, 0.717) is 0 Å². The lowest BCUT2D eigenvalue weighted by Crippen LogP contribution is -2.18. The molecule has 0 atom stereocenters. The number of hydrogen-bond acceptors (Lipinski definition) is 2. The van der Waals surface area contributed by atoms with Gasteiger partial charge in [0.25, 0.3) is 0 Å². The predicted molar refractivity (Wildman–Crippen MR) is 124 cm³/mol. The van der Waals surface area contributed by atoms with Crippen LogP contribution in [0, 0.1) is 0 Å². The Hall–Kier alpha value is -3.20. The molecule has 30 heavy (non-hydrogen) atoms. The summed E-state index contributed by atoms with van der Waals surface area (Å²) in [5.41, 5.74) is 10.5. The molecule has 0 N–H and O–H groups in total. The van der Waals surface area contributed by atoms with E-state index in [-0.39, 0.29) is 10.8 Å². The molecule has 0 amide bonds. The van der Waals surface area contributed by atoms with E-state index in [1.807, 2.05) is 6.07 Å². The highest BCUT2D eigenvalue weighted by molar-refractivity contribution is 6.09. The number of benzene rings is 2. The largest absolute Gasteiger partial charge is 0.298 e. The van der Waals surface area contributed by atoms with Crippen molar-refractivity contribution in [3.05, 3.63) is 77.6 Å². The molecule has 0 fully saturated rings. The summed E-state index contributed by atoms with van der Waals surface area (Å²) in [5.74, 6) is 0. The fourth-order valence-electron chi connectivity index (χ4n) is 5.25. The highest BCUT2D eigenvalue weighted by Gasteiger charge is 2.38. The molecule has 3 heteroatoms. The lowest BCUT2D eigenvalue weighted by Gasteiger charge is -2.25. The minimum atomic E-state index is -0.101. The Kier molecular flexibility index (Phi) is 3.22. The topological polar surface area (TPSA) is 30.2 Å². The standard InChI is InChI=1S/C27H25N3/c1-26(2,3)25-24-23(28-20-12-8-9-15-30(20)24)18-14-13-17-16-10-6-7-11-19(16)27(4,5)21(17)22(18)29-25/h6-15H,1-5H3. The van der Waals surface area contributed by atoms with E-state index in [0.717, 1.165) is 33.3 Å². The van der Waals surface area contributed by atoms with Crippen LogP contribution in [-0.4, -0.2) is 14.4 Å². The van der Waals surface area contributed by atoms with Gasteiger partial charge in [0.2, 0.25) is 0 Å². The highest BCUT2D eigenvalue weighted by atomic mass is 15.0. The SMILES string of the molecule is CC(C)(C)c1nc2c3c(ccc2c2nc4ccccn4c12)-c1ccccc1C3(C)C. The van der Waals surface area contributed by atoms with Gasteiger partial charge in [-0.3, -0.25) is 4.40 Å². The summed E-state index contributed by atoms with van der Waals surface area (Å²) in [7, 11) is 0. The molecule has 3 nitrogen and oxygen atoms in total. The van der Waals surface area contributed by atoms with Crippen molar-refractivity contribution in [2.75, 3.05) is 0 Å². The van der Waals surface area contributed by atoms with Crippen molar-refractivity contribution >= 4 is 27.6 Å². The van der Waals surface area contributed by atoms with Crippen LogP contribution in [0.25, 0.3) is 38.7 Å². The molecule has 0 saturated carbocycles. The Labute approximate surface area is 176 Å². The number of nitrogens with zero attached hydrogens (tertiary/aromatic N) is 3. The van der Waals surface area contributed by atoms with Crippen molar-refractivity contribution in [1.82, 2.24) is 14.4 Å². The lowest BCUT2D eigenvalue weighted by molar-refractivity contribution is 0.575. The van der Waals surface area contributed by atoms with Crippen LogP contribution in [0.15, 0.2) is 60.8 Å². The Balaban J connectivity index is 1.85. The summed E-state index contributed by atoms with van der Waals surface area (Å²) in [6, 6.07) is 19.5. The van der Waals surface area contributed by atoms with Crippen molar-refractivity contribution in [3.63, 3.8) is 0 Å². The van der Waals surface area contributed by atoms with Crippen LogP contribution in [0.3, 0.4) is 0 Å². The maximum Gasteiger partial charge on any atom is 0.137 e. The van der Waals surface area contributed by atoms with Gasteiger partial charge in [0.1, 0.15) is 11.2 Å². The summed E-state index contributed by atoms with van der Waals surface area (Å²) in [5, 5.41) is 1.14. The Bertz CT molecular complexity index is 1500. The van der Waals surface area contributed by atoms with Crippen LogP contribution in [0.1, 0.15) is 51.4 Å². The quantitative estimate of drug-likeness (QED) is 0.296. The van der Waals surface area contributed by atoms with Gasteiger partial charge in [-0.1, -0.05) is 71.0 Å². The maximum atomic E-state index is 5.39. The van der Waals surface area contributed by atoms with Crippen molar-refractivity contribution in [1.29, 1.82) is 0 Å². The zero-order chi connectivity index (χ0) is 20.8. The molecule has 0 radical (unpaired) electrons. The first-order chi connectivity index (χ1) is 14.3. The zero-order valence-electron chi connectivity index (χ0n) is 18.1. The zero-order valence-corrected chi connectivity index (χ0v) is 18.1. The van der Waals surface area contributed by atoms with E-state index < -0.39 is 0 Å². The molecule has 1 aliphatic rings. The van der Waals surface area contributed by atoms with E-state index >= 15 is 0 Å². The molecule has 0 bridgehead atoms. The van der Waals surface area contributed by atoms with E-state index in [1.165, 1.54) is 22.3 Å². The van der Waals surface area contributed by atoms with Gasteiger partial charge >= 0.3 is 0 Å². The summed E-state index contributed by atoms with van der Waals surface area (Å²) in [6.45, 7) is 11.4. The number of imidazole rings is 1. The van der Waals surface area contributed by atoms with Gasteiger partial charge < -0.3 is 0 Å². The van der Waals surface area contributed by atoms with Crippen molar-refractivity contribution in [2.24, 2.45) is 0 Å². The molecule has 3 aromatic heterocycles. The average molecular weight is 392 g/mol. The average Bonchev–Trinajstić information content (AvgIpc) is 3.21. The third-order valence-corrected chi connectivity index (χ3v) is 6.64. The minimum absolute atomic E-state index is 0.0968. The first-order valence-corrected chi connectivity index (χ1v) is 10.6. The van der Waals surface area contributed by atoms with Gasteiger partial charge in [0.15, 0.2) is 0 Å². The maximum absolute atomic E-state index is 5.39. The summed E-state index contributed by atoms with van der Waals surface area (Å²) < 4.78 is 2.19. The van der Waals surface area contributed by atoms with E-state index in [2.05, 4.69) is 93.7 Å². The molecule has 2 aromatic carbocycles. The van der Waals surface area contributed by atoms with Gasteiger partial charge in [-0.05, 0) is 40.5 Å². The fraction of sp³-hybridized carbons (Fsp3) is 0.259. The third-order valence-electron chi connectivity index (χ3n) is 6.64. The molecule has 0 saturated heterocycles. The minimum Gasteiger partial charge on any atom is -0.298 e. The molecule has 0 unspecified atom stereocenters. The Morgan fingerprint density at radius 1 is 0.800 bits per heavy atom. The first kappa shape index (κ1) is 17.6. The van der Waals surface area contributed by atoms with Gasteiger partial charge in [-0.15, -0.1) is 0 Å². The molecule has 148 valence electrons. The number of aromatic nitrogens is 3. The van der Waals surface area contributed by atoms with Crippen molar-refractivity contribution in [2.45, 2.75) is 45.4 Å². The van der Waals surface area contributed by atoms with E-state index in [4.69, 9.17) is 9.97 Å². The molecule has 6 rings (SSSR count). The van der Waals surface area contributed by atoms with Gasteiger partial charge in [0, 0.05) is 22.4 Å². The molecular formula is C27H25N3. The third kappa shape index (κ3) is 2.10. The predicted octanol–water partition coefficient (Wildman–Crippen LogP) is 6.64.